The Bertz CT molecular complexity index is 1000. The second kappa shape index (κ2) is 7.42. The molecule has 1 aliphatic rings. The van der Waals surface area contributed by atoms with Crippen LogP contribution in [0, 0.1) is 0 Å². The first-order valence-electron chi connectivity index (χ1n) is 8.84. The quantitative estimate of drug-likeness (QED) is 0.514. The van der Waals surface area contributed by atoms with Gasteiger partial charge >= 0.3 is 0 Å². The van der Waals surface area contributed by atoms with E-state index < -0.39 is 0 Å². The van der Waals surface area contributed by atoms with E-state index in [1.54, 1.807) is 18.5 Å². The third-order valence-electron chi connectivity index (χ3n) is 4.83. The van der Waals surface area contributed by atoms with Crippen molar-refractivity contribution in [3.8, 4) is 0 Å². The lowest BCUT2D eigenvalue weighted by Gasteiger charge is -2.33. The van der Waals surface area contributed by atoms with Gasteiger partial charge < -0.3 is 16.4 Å². The number of nitrogens with zero attached hydrogens (tertiary/aromatic N) is 3. The van der Waals surface area contributed by atoms with Crippen LogP contribution in [0.4, 0.5) is 10.7 Å². The number of carbonyl (C=O) groups is 1. The molecule has 140 valence electrons. The van der Waals surface area contributed by atoms with Crippen LogP contribution in [0.25, 0.3) is 10.2 Å². The maximum atomic E-state index is 13.1. The molecule has 0 unspecified atom stereocenters. The third kappa shape index (κ3) is 3.63. The van der Waals surface area contributed by atoms with Crippen LogP contribution >= 0.6 is 22.9 Å². The van der Waals surface area contributed by atoms with E-state index >= 15 is 0 Å². The number of carbonyl (C=O) groups excluding carboxylic acids is 1. The van der Waals surface area contributed by atoms with E-state index in [0.717, 1.165) is 41.9 Å². The SMILES string of the molecule is Nc1sc2ccc(Cl)nc2c1C(=O)Cc1cnccc1N1CCC[C@H](N)C1. The molecule has 6 nitrogen and oxygen atoms in total. The first-order chi connectivity index (χ1) is 13.0. The summed E-state index contributed by atoms with van der Waals surface area (Å²) in [4.78, 5) is 23.9. The molecule has 1 atom stereocenters. The first-order valence-corrected chi connectivity index (χ1v) is 10.0. The number of thiophene rings is 1. The van der Waals surface area contributed by atoms with Gasteiger partial charge in [-0.05, 0) is 31.0 Å². The number of pyridine rings is 2. The molecule has 4 N–H and O–H groups in total. The average Bonchev–Trinajstić information content (AvgIpc) is 2.97. The maximum absolute atomic E-state index is 13.1. The molecular formula is C19H20ClN5OS. The van der Waals surface area contributed by atoms with Gasteiger partial charge in [0, 0.05) is 49.2 Å². The number of piperidine rings is 1. The average molecular weight is 402 g/mol. The second-order valence-corrected chi connectivity index (χ2v) is 8.25. The van der Waals surface area contributed by atoms with Gasteiger partial charge in [0.2, 0.25) is 0 Å². The van der Waals surface area contributed by atoms with Crippen molar-refractivity contribution in [2.45, 2.75) is 25.3 Å². The number of nitrogen functional groups attached to an aromatic ring is 1. The van der Waals surface area contributed by atoms with Crippen molar-refractivity contribution >= 4 is 49.6 Å². The Morgan fingerprint density at radius 3 is 3.04 bits per heavy atom. The van der Waals surface area contributed by atoms with Crippen LogP contribution in [0.5, 0.6) is 0 Å². The van der Waals surface area contributed by atoms with E-state index in [2.05, 4.69) is 14.9 Å². The summed E-state index contributed by atoms with van der Waals surface area (Å²) in [5, 5.41) is 0.814. The lowest BCUT2D eigenvalue weighted by atomic mass is 10.0. The van der Waals surface area contributed by atoms with Crippen molar-refractivity contribution in [1.29, 1.82) is 0 Å². The van der Waals surface area contributed by atoms with Crippen LogP contribution in [0.2, 0.25) is 5.15 Å². The summed E-state index contributed by atoms with van der Waals surface area (Å²) in [6.45, 7) is 1.71. The summed E-state index contributed by atoms with van der Waals surface area (Å²) in [6, 6.07) is 5.64. The van der Waals surface area contributed by atoms with E-state index in [1.807, 2.05) is 12.1 Å². The summed E-state index contributed by atoms with van der Waals surface area (Å²) < 4.78 is 0.855. The van der Waals surface area contributed by atoms with Crippen LogP contribution in [0.15, 0.2) is 30.6 Å². The zero-order valence-electron chi connectivity index (χ0n) is 14.7. The predicted molar refractivity (Wildman–Crippen MR) is 111 cm³/mol. The molecule has 0 bridgehead atoms. The minimum absolute atomic E-state index is 0.0796. The van der Waals surface area contributed by atoms with E-state index in [9.17, 15) is 4.79 Å². The number of fused-ring (bicyclic) bond motifs is 1. The zero-order valence-corrected chi connectivity index (χ0v) is 16.3. The van der Waals surface area contributed by atoms with E-state index in [0.29, 0.717) is 21.2 Å². The normalized spacial score (nSPS) is 17.4. The van der Waals surface area contributed by atoms with Gasteiger partial charge in [-0.3, -0.25) is 9.78 Å². The van der Waals surface area contributed by atoms with Crippen molar-refractivity contribution in [1.82, 2.24) is 9.97 Å². The molecule has 4 rings (SSSR count). The van der Waals surface area contributed by atoms with Crippen molar-refractivity contribution in [3.05, 3.63) is 46.9 Å². The van der Waals surface area contributed by atoms with Crippen LogP contribution < -0.4 is 16.4 Å². The number of hydrogen-bond donors (Lipinski definition) is 2. The Hall–Kier alpha value is -2.22. The fourth-order valence-corrected chi connectivity index (χ4v) is 4.67. The van der Waals surface area contributed by atoms with Gasteiger partial charge in [0.05, 0.1) is 20.8 Å². The van der Waals surface area contributed by atoms with Gasteiger partial charge in [-0.15, -0.1) is 11.3 Å². The molecule has 1 saturated heterocycles. The molecule has 1 aliphatic heterocycles. The van der Waals surface area contributed by atoms with E-state index in [4.69, 9.17) is 23.1 Å². The second-order valence-electron chi connectivity index (χ2n) is 6.77. The van der Waals surface area contributed by atoms with Gasteiger partial charge in [0.25, 0.3) is 0 Å². The molecule has 3 aromatic rings. The highest BCUT2D eigenvalue weighted by molar-refractivity contribution is 7.23. The number of hydrogen-bond acceptors (Lipinski definition) is 7. The minimum atomic E-state index is -0.0796. The topological polar surface area (TPSA) is 98.1 Å². The van der Waals surface area contributed by atoms with Gasteiger partial charge in [0.15, 0.2) is 5.78 Å². The van der Waals surface area contributed by atoms with Gasteiger partial charge in [0.1, 0.15) is 5.15 Å². The molecule has 4 heterocycles. The summed E-state index contributed by atoms with van der Waals surface area (Å²) >= 11 is 7.37. The third-order valence-corrected chi connectivity index (χ3v) is 6.02. The van der Waals surface area contributed by atoms with Crippen LogP contribution in [-0.2, 0) is 6.42 Å². The number of aromatic nitrogens is 2. The highest BCUT2D eigenvalue weighted by atomic mass is 35.5. The van der Waals surface area contributed by atoms with Crippen molar-refractivity contribution < 1.29 is 4.79 Å². The Kier molecular flexibility index (Phi) is 4.99. The largest absolute Gasteiger partial charge is 0.390 e. The Morgan fingerprint density at radius 1 is 1.37 bits per heavy atom. The Balaban J connectivity index is 1.66. The molecule has 0 radical (unpaired) electrons. The maximum Gasteiger partial charge on any atom is 0.172 e. The zero-order chi connectivity index (χ0) is 19.0. The predicted octanol–water partition coefficient (Wildman–Crippen LogP) is 3.28. The highest BCUT2D eigenvalue weighted by Crippen LogP contribution is 2.34. The van der Waals surface area contributed by atoms with Gasteiger partial charge in [-0.2, -0.15) is 0 Å². The lowest BCUT2D eigenvalue weighted by molar-refractivity contribution is 0.0995. The van der Waals surface area contributed by atoms with Crippen molar-refractivity contribution in [3.63, 3.8) is 0 Å². The fourth-order valence-electron chi connectivity index (χ4n) is 3.59. The first kappa shape index (κ1) is 18.2. The number of anilines is 2. The highest BCUT2D eigenvalue weighted by Gasteiger charge is 2.23. The van der Waals surface area contributed by atoms with Crippen molar-refractivity contribution in [2.75, 3.05) is 23.7 Å². The standard InChI is InChI=1S/C19H20ClN5OS/c20-16-4-3-15-18(24-16)17(19(22)27-15)14(26)8-11-9-23-6-5-13(11)25-7-1-2-12(21)10-25/h3-6,9,12H,1-2,7-8,10,21-22H2/t12-/m0/s1. The Morgan fingerprint density at radius 2 is 2.22 bits per heavy atom. The Labute approximate surface area is 166 Å². The number of Topliss-reactive ketones (excluding diaryl/α,β-unsaturated/α-hetero) is 1. The monoisotopic (exact) mass is 401 g/mol. The molecule has 0 amide bonds. The molecule has 0 aromatic carbocycles. The van der Waals surface area contributed by atoms with Gasteiger partial charge in [-0.1, -0.05) is 11.6 Å². The number of ketones is 1. The van der Waals surface area contributed by atoms with Crippen molar-refractivity contribution in [2.24, 2.45) is 5.73 Å². The van der Waals surface area contributed by atoms with E-state index in [1.165, 1.54) is 11.3 Å². The minimum Gasteiger partial charge on any atom is -0.390 e. The summed E-state index contributed by atoms with van der Waals surface area (Å²) in [6.07, 6.45) is 5.78. The molecule has 0 saturated carbocycles. The summed E-state index contributed by atoms with van der Waals surface area (Å²) in [5.74, 6) is -0.0796. The molecule has 0 spiro atoms. The summed E-state index contributed by atoms with van der Waals surface area (Å²) in [7, 11) is 0. The number of halogens is 1. The molecule has 27 heavy (non-hydrogen) atoms. The van der Waals surface area contributed by atoms with E-state index in [-0.39, 0.29) is 18.2 Å². The fraction of sp³-hybridized carbons (Fsp3) is 0.316. The molecule has 0 aliphatic carbocycles. The van der Waals surface area contributed by atoms with Crippen LogP contribution in [0.1, 0.15) is 28.8 Å². The lowest BCUT2D eigenvalue weighted by Crippen LogP contribution is -2.43. The smallest absolute Gasteiger partial charge is 0.172 e. The summed E-state index contributed by atoms with van der Waals surface area (Å²) in [5.41, 5.74) is 15.2. The molecule has 1 fully saturated rings. The van der Waals surface area contributed by atoms with Gasteiger partial charge in [-0.25, -0.2) is 4.98 Å². The molecule has 8 heteroatoms. The van der Waals surface area contributed by atoms with Crippen LogP contribution in [-0.4, -0.2) is 34.9 Å². The molecular weight excluding hydrogens is 382 g/mol. The molecule has 3 aromatic heterocycles. The number of rotatable bonds is 4. The number of nitrogens with two attached hydrogens (primary N) is 2. The van der Waals surface area contributed by atoms with Crippen LogP contribution in [0.3, 0.4) is 0 Å².